The maximum Gasteiger partial charge on any atom is 0.0136 e. The Morgan fingerprint density at radius 1 is 1.80 bits per heavy atom. The van der Waals surface area contributed by atoms with Crippen LogP contribution in [0, 0.1) is 11.8 Å². The standard InChI is InChI=1S/C7H12O2S/c1-2-3-6-4-7(6)5-10(8)9/h2-3,6-7H,4-5H2,1H3,(H,8,9)/p-1/b3-2+/t6-,7+/m1/s1. The Hall–Kier alpha value is -0.150. The quantitative estimate of drug-likeness (QED) is 0.456. The third-order valence-electron chi connectivity index (χ3n) is 1.77. The molecule has 1 rings (SSSR count). The highest BCUT2D eigenvalue weighted by Gasteiger charge is 2.33. The van der Waals surface area contributed by atoms with Gasteiger partial charge in [-0.15, -0.1) is 0 Å². The van der Waals surface area contributed by atoms with E-state index in [4.69, 9.17) is 0 Å². The summed E-state index contributed by atoms with van der Waals surface area (Å²) in [5, 5.41) is 0. The molecule has 10 heavy (non-hydrogen) atoms. The van der Waals surface area contributed by atoms with Crippen LogP contribution in [0.25, 0.3) is 0 Å². The zero-order chi connectivity index (χ0) is 7.56. The van der Waals surface area contributed by atoms with Crippen LogP contribution in [0.15, 0.2) is 12.2 Å². The van der Waals surface area contributed by atoms with Gasteiger partial charge in [0.05, 0.1) is 0 Å². The molecule has 0 spiro atoms. The minimum Gasteiger partial charge on any atom is -0.772 e. The van der Waals surface area contributed by atoms with Gasteiger partial charge in [0.15, 0.2) is 0 Å². The largest absolute Gasteiger partial charge is 0.772 e. The van der Waals surface area contributed by atoms with Crippen LogP contribution in [0.1, 0.15) is 13.3 Å². The zero-order valence-corrected chi connectivity index (χ0v) is 6.76. The molecule has 1 aliphatic rings. The molecule has 0 radical (unpaired) electrons. The second kappa shape index (κ2) is 3.30. The summed E-state index contributed by atoms with van der Waals surface area (Å²) in [6, 6.07) is 0. The summed E-state index contributed by atoms with van der Waals surface area (Å²) >= 11 is -1.84. The molecule has 2 nitrogen and oxygen atoms in total. The summed E-state index contributed by atoms with van der Waals surface area (Å²) in [7, 11) is 0. The van der Waals surface area contributed by atoms with E-state index in [0.717, 1.165) is 6.42 Å². The van der Waals surface area contributed by atoms with E-state index < -0.39 is 11.1 Å². The highest BCUT2D eigenvalue weighted by atomic mass is 32.2. The van der Waals surface area contributed by atoms with Gasteiger partial charge in [-0.05, 0) is 25.2 Å². The average molecular weight is 159 g/mol. The molecule has 1 saturated carbocycles. The van der Waals surface area contributed by atoms with Gasteiger partial charge in [-0.1, -0.05) is 23.2 Å². The molecule has 0 amide bonds. The molecular weight excluding hydrogens is 148 g/mol. The molecule has 0 saturated heterocycles. The van der Waals surface area contributed by atoms with E-state index in [2.05, 4.69) is 6.08 Å². The SMILES string of the molecule is C/C=C/[C@@H]1C[C@H]1CS(=O)[O-]. The third-order valence-corrected chi connectivity index (χ3v) is 2.47. The molecule has 0 aromatic heterocycles. The molecule has 1 fully saturated rings. The van der Waals surface area contributed by atoms with Crippen LogP contribution >= 0.6 is 0 Å². The van der Waals surface area contributed by atoms with Crippen molar-refractivity contribution in [3.05, 3.63) is 12.2 Å². The van der Waals surface area contributed by atoms with Crippen LogP contribution in [0.2, 0.25) is 0 Å². The van der Waals surface area contributed by atoms with Crippen molar-refractivity contribution in [3.8, 4) is 0 Å². The van der Waals surface area contributed by atoms with Crippen LogP contribution in [-0.2, 0) is 11.1 Å². The summed E-state index contributed by atoms with van der Waals surface area (Å²) < 4.78 is 20.4. The maximum atomic E-state index is 10.2. The first-order chi connectivity index (χ1) is 4.74. The van der Waals surface area contributed by atoms with Gasteiger partial charge in [0.2, 0.25) is 0 Å². The van der Waals surface area contributed by atoms with E-state index in [9.17, 15) is 8.76 Å². The molecule has 1 aliphatic carbocycles. The van der Waals surface area contributed by atoms with E-state index in [1.165, 1.54) is 0 Å². The van der Waals surface area contributed by atoms with Crippen LogP contribution in [-0.4, -0.2) is 14.5 Å². The van der Waals surface area contributed by atoms with E-state index in [1.807, 2.05) is 13.0 Å². The minimum absolute atomic E-state index is 0.342. The molecule has 0 N–H and O–H groups in total. The summed E-state index contributed by atoms with van der Waals surface area (Å²) in [6.07, 6.45) is 5.12. The van der Waals surface area contributed by atoms with Crippen LogP contribution in [0.4, 0.5) is 0 Å². The zero-order valence-electron chi connectivity index (χ0n) is 5.95. The Morgan fingerprint density at radius 2 is 2.50 bits per heavy atom. The smallest absolute Gasteiger partial charge is 0.0136 e. The third kappa shape index (κ3) is 2.23. The van der Waals surface area contributed by atoms with Crippen molar-refractivity contribution >= 4 is 11.1 Å². The number of hydrogen-bond acceptors (Lipinski definition) is 2. The second-order valence-electron chi connectivity index (χ2n) is 2.66. The molecule has 0 heterocycles. The molecule has 0 aromatic carbocycles. The molecule has 0 aliphatic heterocycles. The van der Waals surface area contributed by atoms with Crippen molar-refractivity contribution in [1.29, 1.82) is 0 Å². The van der Waals surface area contributed by atoms with Gasteiger partial charge in [-0.3, -0.25) is 4.21 Å². The average Bonchev–Trinajstić information content (AvgIpc) is 2.47. The van der Waals surface area contributed by atoms with Crippen molar-refractivity contribution in [2.45, 2.75) is 13.3 Å². The van der Waals surface area contributed by atoms with Crippen molar-refractivity contribution in [2.24, 2.45) is 11.8 Å². The van der Waals surface area contributed by atoms with Gasteiger partial charge in [-0.25, -0.2) is 0 Å². The normalized spacial score (nSPS) is 34.6. The summed E-state index contributed by atoms with van der Waals surface area (Å²) in [6.45, 7) is 1.96. The van der Waals surface area contributed by atoms with Crippen LogP contribution < -0.4 is 0 Å². The van der Waals surface area contributed by atoms with Crippen molar-refractivity contribution in [2.75, 3.05) is 5.75 Å². The van der Waals surface area contributed by atoms with Crippen LogP contribution in [0.3, 0.4) is 0 Å². The van der Waals surface area contributed by atoms with Gasteiger partial charge in [-0.2, -0.15) is 0 Å². The monoisotopic (exact) mass is 159 g/mol. The first-order valence-electron chi connectivity index (χ1n) is 3.42. The molecule has 58 valence electrons. The summed E-state index contributed by atoms with van der Waals surface area (Å²) in [5.74, 6) is 1.30. The molecular formula is C7H11O2S-. The summed E-state index contributed by atoms with van der Waals surface area (Å²) in [4.78, 5) is 0. The molecule has 3 heteroatoms. The second-order valence-corrected chi connectivity index (χ2v) is 3.60. The molecule has 3 atom stereocenters. The Morgan fingerprint density at radius 3 is 3.00 bits per heavy atom. The predicted molar refractivity (Wildman–Crippen MR) is 40.2 cm³/mol. The highest BCUT2D eigenvalue weighted by Crippen LogP contribution is 2.39. The lowest BCUT2D eigenvalue weighted by molar-refractivity contribution is 0.533. The molecule has 0 bridgehead atoms. The van der Waals surface area contributed by atoms with E-state index in [0.29, 0.717) is 17.6 Å². The Labute approximate surface area is 63.6 Å². The fourth-order valence-electron chi connectivity index (χ4n) is 1.12. The molecule has 1 unspecified atom stereocenters. The van der Waals surface area contributed by atoms with Crippen molar-refractivity contribution in [1.82, 2.24) is 0 Å². The van der Waals surface area contributed by atoms with E-state index in [-0.39, 0.29) is 0 Å². The maximum absolute atomic E-state index is 10.2. The highest BCUT2D eigenvalue weighted by molar-refractivity contribution is 7.79. The predicted octanol–water partition coefficient (Wildman–Crippen LogP) is 1.08. The fraction of sp³-hybridized carbons (Fsp3) is 0.714. The van der Waals surface area contributed by atoms with Gasteiger partial charge in [0.1, 0.15) is 0 Å². The Bertz CT molecular complexity index is 165. The lowest BCUT2D eigenvalue weighted by atomic mass is 10.3. The van der Waals surface area contributed by atoms with E-state index in [1.54, 1.807) is 0 Å². The van der Waals surface area contributed by atoms with Gasteiger partial charge in [0, 0.05) is 5.75 Å². The van der Waals surface area contributed by atoms with Gasteiger partial charge >= 0.3 is 0 Å². The summed E-state index contributed by atoms with van der Waals surface area (Å²) in [5.41, 5.74) is 0. The lowest BCUT2D eigenvalue weighted by Crippen LogP contribution is -1.97. The molecule has 0 aromatic rings. The first-order valence-corrected chi connectivity index (χ1v) is 4.67. The fourth-order valence-corrected chi connectivity index (χ4v) is 1.85. The van der Waals surface area contributed by atoms with Gasteiger partial charge < -0.3 is 4.55 Å². The van der Waals surface area contributed by atoms with Crippen LogP contribution in [0.5, 0.6) is 0 Å². The number of allylic oxidation sites excluding steroid dienone is 2. The van der Waals surface area contributed by atoms with Crippen molar-refractivity contribution < 1.29 is 8.76 Å². The van der Waals surface area contributed by atoms with Gasteiger partial charge in [0.25, 0.3) is 0 Å². The minimum atomic E-state index is -1.84. The topological polar surface area (TPSA) is 40.1 Å². The van der Waals surface area contributed by atoms with E-state index >= 15 is 0 Å². The number of rotatable bonds is 3. The number of hydrogen-bond donors (Lipinski definition) is 0. The Kier molecular flexibility index (Phi) is 2.63. The van der Waals surface area contributed by atoms with Crippen molar-refractivity contribution in [3.63, 3.8) is 0 Å². The first kappa shape index (κ1) is 7.95. The Balaban J connectivity index is 2.19. The lowest BCUT2D eigenvalue weighted by Gasteiger charge is -2.00.